The second-order valence-corrected chi connectivity index (χ2v) is 14.9. The van der Waals surface area contributed by atoms with Gasteiger partial charge in [0.1, 0.15) is 23.0 Å². The van der Waals surface area contributed by atoms with Crippen molar-refractivity contribution in [2.45, 2.75) is 168 Å². The number of unbranched alkanes of at least 4 members (excludes halogenated alkanes) is 22. The summed E-state index contributed by atoms with van der Waals surface area (Å²) in [5.74, 6) is 1.65. The Bertz CT molecular complexity index is 1330. The summed E-state index contributed by atoms with van der Waals surface area (Å²) in [6, 6.07) is 18.2. The average Bonchev–Trinajstić information content (AvgIpc) is 3.18. The largest absolute Gasteiger partial charge is 0.507 e. The van der Waals surface area contributed by atoms with Crippen LogP contribution in [0.25, 0.3) is 0 Å². The topological polar surface area (TPSA) is 83.6 Å². The number of hydrogen-bond donors (Lipinski definition) is 2. The fourth-order valence-corrected chi connectivity index (χ4v) is 6.62. The average molecular weight is 741 g/mol. The van der Waals surface area contributed by atoms with E-state index < -0.39 is 0 Å². The van der Waals surface area contributed by atoms with Crippen LogP contribution in [0.15, 0.2) is 70.6 Å². The minimum Gasteiger partial charge on any atom is -0.507 e. The fraction of sp³-hybridized carbons (Fsp3) is 0.583. The van der Waals surface area contributed by atoms with Crippen molar-refractivity contribution in [3.8, 4) is 23.0 Å². The Morgan fingerprint density at radius 2 is 0.704 bits per heavy atom. The third kappa shape index (κ3) is 20.6. The molecule has 0 fully saturated rings. The van der Waals surface area contributed by atoms with E-state index in [1.165, 1.54) is 141 Å². The first-order valence-corrected chi connectivity index (χ1v) is 21.7. The van der Waals surface area contributed by atoms with E-state index in [9.17, 15) is 10.2 Å². The van der Waals surface area contributed by atoms with Crippen LogP contribution in [0.1, 0.15) is 179 Å². The fourth-order valence-electron chi connectivity index (χ4n) is 6.62. The van der Waals surface area contributed by atoms with E-state index in [-0.39, 0.29) is 11.5 Å². The SMILES string of the molecule is CCCCCCCCCCCCCCOc1ccc(C=Nc2ccc(N=Cc3ccc(OCCCCCCCCCCCCCC)cc3O)cc2)c(O)c1. The molecule has 0 saturated carbocycles. The van der Waals surface area contributed by atoms with Crippen LogP contribution in [0.4, 0.5) is 11.4 Å². The molecule has 3 aromatic rings. The molecule has 0 aliphatic rings. The van der Waals surface area contributed by atoms with Crippen molar-refractivity contribution in [2.24, 2.45) is 9.98 Å². The molecule has 0 bridgehead atoms. The zero-order valence-electron chi connectivity index (χ0n) is 33.9. The number of ether oxygens (including phenoxy) is 2. The van der Waals surface area contributed by atoms with Crippen molar-refractivity contribution in [3.05, 3.63) is 71.8 Å². The number of rotatable bonds is 32. The Hall–Kier alpha value is -3.80. The Morgan fingerprint density at radius 1 is 0.407 bits per heavy atom. The molecule has 0 saturated heterocycles. The van der Waals surface area contributed by atoms with Crippen LogP contribution in [0.3, 0.4) is 0 Å². The third-order valence-electron chi connectivity index (χ3n) is 10.1. The van der Waals surface area contributed by atoms with Gasteiger partial charge in [-0.2, -0.15) is 0 Å². The molecule has 0 aliphatic heterocycles. The molecule has 0 aromatic heterocycles. The second kappa shape index (κ2) is 29.5. The van der Waals surface area contributed by atoms with Gasteiger partial charge in [-0.15, -0.1) is 0 Å². The minimum atomic E-state index is 0.146. The highest BCUT2D eigenvalue weighted by Gasteiger charge is 2.04. The number of benzene rings is 3. The van der Waals surface area contributed by atoms with Crippen LogP contribution < -0.4 is 9.47 Å². The zero-order chi connectivity index (χ0) is 38.3. The number of nitrogens with zero attached hydrogens (tertiary/aromatic N) is 2. The predicted molar refractivity (Wildman–Crippen MR) is 230 cm³/mol. The predicted octanol–water partition coefficient (Wildman–Crippen LogP) is 14.8. The molecule has 3 rings (SSSR count). The van der Waals surface area contributed by atoms with Gasteiger partial charge in [0, 0.05) is 35.7 Å². The van der Waals surface area contributed by atoms with Gasteiger partial charge in [-0.1, -0.05) is 155 Å². The summed E-state index contributed by atoms with van der Waals surface area (Å²) in [6.45, 7) is 5.87. The summed E-state index contributed by atoms with van der Waals surface area (Å²) in [5, 5.41) is 21.1. The third-order valence-corrected chi connectivity index (χ3v) is 10.1. The van der Waals surface area contributed by atoms with Crippen LogP contribution in [0.5, 0.6) is 23.0 Å². The van der Waals surface area contributed by atoms with Crippen LogP contribution in [0.2, 0.25) is 0 Å². The van der Waals surface area contributed by atoms with Gasteiger partial charge in [-0.05, 0) is 61.4 Å². The van der Waals surface area contributed by atoms with Crippen LogP contribution >= 0.6 is 0 Å². The van der Waals surface area contributed by atoms with Crippen LogP contribution in [-0.2, 0) is 0 Å². The molecule has 298 valence electrons. The first-order valence-electron chi connectivity index (χ1n) is 21.7. The molecular weight excluding hydrogens is 669 g/mol. The van der Waals surface area contributed by atoms with Crippen molar-refractivity contribution in [2.75, 3.05) is 13.2 Å². The van der Waals surface area contributed by atoms with Gasteiger partial charge in [0.05, 0.1) is 24.6 Å². The second-order valence-electron chi connectivity index (χ2n) is 14.9. The Balaban J connectivity index is 1.28. The molecule has 0 heterocycles. The van der Waals surface area contributed by atoms with E-state index >= 15 is 0 Å². The van der Waals surface area contributed by atoms with Gasteiger partial charge in [0.2, 0.25) is 0 Å². The van der Waals surface area contributed by atoms with Crippen molar-refractivity contribution in [1.29, 1.82) is 0 Å². The zero-order valence-corrected chi connectivity index (χ0v) is 33.9. The van der Waals surface area contributed by atoms with Crippen molar-refractivity contribution < 1.29 is 19.7 Å². The number of phenols is 2. The van der Waals surface area contributed by atoms with E-state index in [1.54, 1.807) is 24.6 Å². The maximum atomic E-state index is 10.5. The van der Waals surface area contributed by atoms with Crippen LogP contribution in [0, 0.1) is 0 Å². The molecule has 2 N–H and O–H groups in total. The molecule has 0 aliphatic carbocycles. The minimum absolute atomic E-state index is 0.146. The van der Waals surface area contributed by atoms with Crippen molar-refractivity contribution >= 4 is 23.8 Å². The van der Waals surface area contributed by atoms with Gasteiger partial charge >= 0.3 is 0 Å². The lowest BCUT2D eigenvalue weighted by Crippen LogP contribution is -1.97. The van der Waals surface area contributed by atoms with E-state index in [0.717, 1.165) is 24.2 Å². The molecular formula is C48H72N2O4. The Kier molecular flexibility index (Phi) is 24.4. The number of phenolic OH excluding ortho intramolecular Hbond substituents is 2. The monoisotopic (exact) mass is 741 g/mol. The van der Waals surface area contributed by atoms with Gasteiger partial charge < -0.3 is 19.7 Å². The first-order chi connectivity index (χ1) is 26.6. The van der Waals surface area contributed by atoms with Gasteiger partial charge in [0.15, 0.2) is 0 Å². The summed E-state index contributed by atoms with van der Waals surface area (Å²) in [4.78, 5) is 9.05. The number of hydrogen-bond acceptors (Lipinski definition) is 6. The molecule has 0 unspecified atom stereocenters. The molecule has 0 spiro atoms. The summed E-state index contributed by atoms with van der Waals surface area (Å²) >= 11 is 0. The molecule has 54 heavy (non-hydrogen) atoms. The first kappa shape index (κ1) is 44.6. The van der Waals surface area contributed by atoms with E-state index in [2.05, 4.69) is 23.8 Å². The molecule has 0 radical (unpaired) electrons. The summed E-state index contributed by atoms with van der Waals surface area (Å²) in [5.41, 5.74) is 2.76. The van der Waals surface area contributed by atoms with Crippen molar-refractivity contribution in [3.63, 3.8) is 0 Å². The quantitative estimate of drug-likeness (QED) is 0.0493. The number of aromatic hydroxyl groups is 2. The van der Waals surface area contributed by atoms with E-state index in [0.29, 0.717) is 35.8 Å². The lowest BCUT2D eigenvalue weighted by Gasteiger charge is -2.08. The standard InChI is InChI=1S/C48H72N2O4/c1-3-5-7-9-11-13-15-17-19-21-23-25-35-53-45-33-27-41(47(51)37-45)39-49-43-29-31-44(32-30-43)50-40-42-28-34-46(38-48(42)52)54-36-26-24-22-20-18-16-14-12-10-8-6-4-2/h27-34,37-40,51-52H,3-26,35-36H2,1-2H3. The smallest absolute Gasteiger partial charge is 0.128 e. The summed E-state index contributed by atoms with van der Waals surface area (Å²) in [6.07, 6.45) is 34.9. The maximum absolute atomic E-state index is 10.5. The molecule has 6 nitrogen and oxygen atoms in total. The number of aliphatic imine (C=N–C) groups is 2. The van der Waals surface area contributed by atoms with E-state index in [4.69, 9.17) is 9.47 Å². The lowest BCUT2D eigenvalue weighted by atomic mass is 10.1. The van der Waals surface area contributed by atoms with Crippen molar-refractivity contribution in [1.82, 2.24) is 0 Å². The lowest BCUT2D eigenvalue weighted by molar-refractivity contribution is 0.302. The van der Waals surface area contributed by atoms with Crippen LogP contribution in [-0.4, -0.2) is 35.9 Å². The van der Waals surface area contributed by atoms with Gasteiger partial charge in [-0.25, -0.2) is 0 Å². The summed E-state index contributed by atoms with van der Waals surface area (Å²) < 4.78 is 11.8. The highest BCUT2D eigenvalue weighted by Crippen LogP contribution is 2.26. The summed E-state index contributed by atoms with van der Waals surface area (Å²) in [7, 11) is 0. The molecule has 0 atom stereocenters. The normalized spacial score (nSPS) is 11.6. The highest BCUT2D eigenvalue weighted by atomic mass is 16.5. The highest BCUT2D eigenvalue weighted by molar-refractivity contribution is 5.87. The van der Waals surface area contributed by atoms with Gasteiger partial charge in [-0.3, -0.25) is 9.98 Å². The molecule has 0 amide bonds. The molecule has 6 heteroatoms. The molecule has 3 aromatic carbocycles. The Morgan fingerprint density at radius 3 is 1.00 bits per heavy atom. The Labute approximate surface area is 328 Å². The maximum Gasteiger partial charge on any atom is 0.128 e. The van der Waals surface area contributed by atoms with E-state index in [1.807, 2.05) is 48.5 Å². The van der Waals surface area contributed by atoms with Gasteiger partial charge in [0.25, 0.3) is 0 Å².